The molecule has 0 bridgehead atoms. The monoisotopic (exact) mass is 270 g/mol. The van der Waals surface area contributed by atoms with Crippen LogP contribution in [0.1, 0.15) is 5.56 Å². The summed E-state index contributed by atoms with van der Waals surface area (Å²) in [4.78, 5) is -0.142. The Labute approximate surface area is 103 Å². The van der Waals surface area contributed by atoms with E-state index in [4.69, 9.17) is 5.73 Å². The zero-order chi connectivity index (χ0) is 13.3. The third-order valence-corrected chi connectivity index (χ3v) is 3.84. The Morgan fingerprint density at radius 2 is 2.17 bits per heavy atom. The van der Waals surface area contributed by atoms with Crippen LogP contribution < -0.4 is 10.5 Å². The second-order valence-electron chi connectivity index (χ2n) is 3.72. The van der Waals surface area contributed by atoms with Gasteiger partial charge in [0.1, 0.15) is 5.82 Å². The molecule has 96 valence electrons. The molecule has 6 nitrogen and oxygen atoms in total. The van der Waals surface area contributed by atoms with Crippen LogP contribution >= 0.6 is 0 Å². The summed E-state index contributed by atoms with van der Waals surface area (Å²) in [6.07, 6.45) is 1.27. The standard InChI is InChI=1S/C10H11FN4O2S/c1-6-2-3-7(11)4-9(6)18(16,17)15-10-8(12)5-13-14-10/h2-5H,12H2,1H3,(H2,13,14,15). The minimum absolute atomic E-state index is 0.0543. The number of nitrogens with one attached hydrogen (secondary N) is 2. The summed E-state index contributed by atoms with van der Waals surface area (Å²) in [5.74, 6) is -0.572. The smallest absolute Gasteiger partial charge is 0.263 e. The van der Waals surface area contributed by atoms with Gasteiger partial charge in [-0.2, -0.15) is 5.10 Å². The number of halogens is 1. The zero-order valence-corrected chi connectivity index (χ0v) is 10.3. The van der Waals surface area contributed by atoms with Gasteiger partial charge < -0.3 is 5.73 Å². The van der Waals surface area contributed by atoms with Crippen molar-refractivity contribution < 1.29 is 12.8 Å². The maximum atomic E-state index is 13.1. The van der Waals surface area contributed by atoms with Crippen molar-refractivity contribution in [3.8, 4) is 0 Å². The first-order valence-corrected chi connectivity index (χ1v) is 6.46. The zero-order valence-electron chi connectivity index (χ0n) is 9.44. The molecule has 0 aliphatic carbocycles. The van der Waals surface area contributed by atoms with Crippen molar-refractivity contribution in [2.75, 3.05) is 10.5 Å². The second-order valence-corrected chi connectivity index (χ2v) is 5.37. The first kappa shape index (κ1) is 12.4. The topological polar surface area (TPSA) is 101 Å². The lowest BCUT2D eigenvalue weighted by molar-refractivity contribution is 0.594. The van der Waals surface area contributed by atoms with Gasteiger partial charge in [-0.05, 0) is 24.6 Å². The number of aryl methyl sites for hydroxylation is 1. The van der Waals surface area contributed by atoms with Gasteiger partial charge in [-0.25, -0.2) is 12.8 Å². The van der Waals surface area contributed by atoms with Gasteiger partial charge in [-0.1, -0.05) is 6.07 Å². The maximum Gasteiger partial charge on any atom is 0.263 e. The molecule has 0 unspecified atom stereocenters. The number of hydrogen-bond donors (Lipinski definition) is 3. The van der Waals surface area contributed by atoms with Crippen molar-refractivity contribution in [2.24, 2.45) is 0 Å². The molecule has 8 heteroatoms. The number of hydrogen-bond acceptors (Lipinski definition) is 4. The molecule has 0 saturated heterocycles. The number of nitrogens with two attached hydrogens (primary N) is 1. The molecule has 0 radical (unpaired) electrons. The lowest BCUT2D eigenvalue weighted by atomic mass is 10.2. The summed E-state index contributed by atoms with van der Waals surface area (Å²) < 4.78 is 39.4. The van der Waals surface area contributed by atoms with E-state index in [9.17, 15) is 12.8 Å². The lowest BCUT2D eigenvalue weighted by Gasteiger charge is -2.09. The highest BCUT2D eigenvalue weighted by atomic mass is 32.2. The van der Waals surface area contributed by atoms with E-state index >= 15 is 0 Å². The van der Waals surface area contributed by atoms with Gasteiger partial charge in [0, 0.05) is 0 Å². The Bertz CT molecular complexity index is 681. The molecular weight excluding hydrogens is 259 g/mol. The van der Waals surface area contributed by atoms with Crippen LogP contribution in [-0.4, -0.2) is 18.6 Å². The molecule has 1 aromatic heterocycles. The molecule has 1 aromatic carbocycles. The quantitative estimate of drug-likeness (QED) is 0.781. The molecule has 0 atom stereocenters. The van der Waals surface area contributed by atoms with Crippen LogP contribution in [0.2, 0.25) is 0 Å². The lowest BCUT2D eigenvalue weighted by Crippen LogP contribution is -2.15. The van der Waals surface area contributed by atoms with E-state index in [1.165, 1.54) is 18.3 Å². The molecule has 0 aliphatic heterocycles. The summed E-state index contributed by atoms with van der Waals surface area (Å²) in [5.41, 5.74) is 6.09. The molecule has 0 fully saturated rings. The van der Waals surface area contributed by atoms with Gasteiger partial charge in [-0.15, -0.1) is 0 Å². The van der Waals surface area contributed by atoms with Crippen molar-refractivity contribution in [2.45, 2.75) is 11.8 Å². The van der Waals surface area contributed by atoms with E-state index in [2.05, 4.69) is 14.9 Å². The van der Waals surface area contributed by atoms with Gasteiger partial charge in [0.05, 0.1) is 16.8 Å². The number of nitrogen functional groups attached to an aromatic ring is 1. The maximum absolute atomic E-state index is 13.1. The van der Waals surface area contributed by atoms with Crippen LogP contribution in [0.25, 0.3) is 0 Å². The Hall–Kier alpha value is -2.09. The summed E-state index contributed by atoms with van der Waals surface area (Å²) >= 11 is 0. The third kappa shape index (κ3) is 2.28. The molecule has 0 saturated carbocycles. The largest absolute Gasteiger partial charge is 0.394 e. The summed E-state index contributed by atoms with van der Waals surface area (Å²) in [5, 5.41) is 5.99. The van der Waals surface area contributed by atoms with Crippen LogP contribution in [0.15, 0.2) is 29.3 Å². The van der Waals surface area contributed by atoms with Gasteiger partial charge in [0.15, 0.2) is 5.82 Å². The molecule has 18 heavy (non-hydrogen) atoms. The Morgan fingerprint density at radius 1 is 1.44 bits per heavy atom. The fraction of sp³-hybridized carbons (Fsp3) is 0.100. The fourth-order valence-corrected chi connectivity index (χ4v) is 2.73. The van der Waals surface area contributed by atoms with Crippen molar-refractivity contribution in [1.82, 2.24) is 10.2 Å². The summed E-state index contributed by atoms with van der Waals surface area (Å²) in [7, 11) is -3.90. The van der Waals surface area contributed by atoms with Crippen molar-refractivity contribution in [3.63, 3.8) is 0 Å². The number of aromatic nitrogens is 2. The van der Waals surface area contributed by atoms with E-state index in [0.29, 0.717) is 5.56 Å². The highest BCUT2D eigenvalue weighted by Gasteiger charge is 2.19. The van der Waals surface area contributed by atoms with E-state index < -0.39 is 15.8 Å². The number of rotatable bonds is 3. The predicted octanol–water partition coefficient (Wildman–Crippen LogP) is 1.24. The molecular formula is C10H11FN4O2S. The van der Waals surface area contributed by atoms with E-state index in [1.54, 1.807) is 6.92 Å². The third-order valence-electron chi connectivity index (χ3n) is 2.34. The second kappa shape index (κ2) is 4.30. The molecule has 4 N–H and O–H groups in total. The molecule has 2 aromatic rings. The highest BCUT2D eigenvalue weighted by molar-refractivity contribution is 7.92. The molecule has 0 aliphatic rings. The first-order valence-electron chi connectivity index (χ1n) is 4.98. The van der Waals surface area contributed by atoms with Gasteiger partial charge in [-0.3, -0.25) is 9.82 Å². The first-order chi connectivity index (χ1) is 8.40. The number of aromatic amines is 1. The predicted molar refractivity (Wildman–Crippen MR) is 64.9 cm³/mol. The van der Waals surface area contributed by atoms with E-state index in [1.807, 2.05) is 0 Å². The number of H-pyrrole nitrogens is 1. The Balaban J connectivity index is 2.43. The molecule has 2 rings (SSSR count). The Kier molecular flexibility index (Phi) is 2.95. The number of nitrogens with zero attached hydrogens (tertiary/aromatic N) is 1. The Morgan fingerprint density at radius 3 is 2.78 bits per heavy atom. The summed E-state index contributed by atoms with van der Waals surface area (Å²) in [6, 6.07) is 3.53. The van der Waals surface area contributed by atoms with Crippen LogP contribution in [-0.2, 0) is 10.0 Å². The fourth-order valence-electron chi connectivity index (χ4n) is 1.43. The van der Waals surface area contributed by atoms with E-state index in [-0.39, 0.29) is 16.4 Å². The van der Waals surface area contributed by atoms with Crippen molar-refractivity contribution in [3.05, 3.63) is 35.8 Å². The average Bonchev–Trinajstić information content (AvgIpc) is 2.67. The van der Waals surface area contributed by atoms with Crippen molar-refractivity contribution >= 4 is 21.5 Å². The normalized spacial score (nSPS) is 11.4. The SMILES string of the molecule is Cc1ccc(F)cc1S(=O)(=O)Nc1[nH]ncc1N. The average molecular weight is 270 g/mol. The van der Waals surface area contributed by atoms with E-state index in [0.717, 1.165) is 6.07 Å². The number of sulfonamides is 1. The van der Waals surface area contributed by atoms with Gasteiger partial charge in [0.25, 0.3) is 10.0 Å². The van der Waals surface area contributed by atoms with Crippen LogP contribution in [0, 0.1) is 12.7 Å². The highest BCUT2D eigenvalue weighted by Crippen LogP contribution is 2.21. The number of anilines is 2. The van der Waals surface area contributed by atoms with Gasteiger partial charge >= 0.3 is 0 Å². The number of benzene rings is 1. The molecule has 0 spiro atoms. The van der Waals surface area contributed by atoms with Gasteiger partial charge in [0.2, 0.25) is 0 Å². The summed E-state index contributed by atoms with van der Waals surface area (Å²) in [6.45, 7) is 1.57. The molecule has 0 amide bonds. The van der Waals surface area contributed by atoms with Crippen LogP contribution in [0.3, 0.4) is 0 Å². The molecule has 1 heterocycles. The van der Waals surface area contributed by atoms with Crippen LogP contribution in [0.4, 0.5) is 15.9 Å². The minimum Gasteiger partial charge on any atom is -0.394 e. The van der Waals surface area contributed by atoms with Crippen LogP contribution in [0.5, 0.6) is 0 Å². The minimum atomic E-state index is -3.90. The van der Waals surface area contributed by atoms with Crippen molar-refractivity contribution in [1.29, 1.82) is 0 Å².